The van der Waals surface area contributed by atoms with Gasteiger partial charge in [0.1, 0.15) is 6.10 Å². The Kier molecular flexibility index (Phi) is 5.46. The smallest absolute Gasteiger partial charge is 0.253 e. The van der Waals surface area contributed by atoms with Crippen LogP contribution in [0.4, 0.5) is 0 Å². The van der Waals surface area contributed by atoms with Crippen molar-refractivity contribution in [1.82, 2.24) is 14.8 Å². The van der Waals surface area contributed by atoms with Crippen LogP contribution < -0.4 is 5.73 Å². The van der Waals surface area contributed by atoms with Crippen molar-refractivity contribution >= 4 is 5.91 Å². The van der Waals surface area contributed by atoms with E-state index in [1.54, 1.807) is 6.20 Å². The molecular formula is C14H22N4O2. The molecule has 0 bridgehead atoms. The first-order valence-corrected chi connectivity index (χ1v) is 6.87. The summed E-state index contributed by atoms with van der Waals surface area (Å²) in [6.45, 7) is 4.27. The van der Waals surface area contributed by atoms with Gasteiger partial charge in [0.25, 0.3) is 5.91 Å². The largest absolute Gasteiger partial charge is 0.370 e. The maximum atomic E-state index is 12.1. The van der Waals surface area contributed by atoms with Crippen LogP contribution in [-0.4, -0.2) is 66.6 Å². The number of hydrogen-bond acceptors (Lipinski definition) is 5. The maximum Gasteiger partial charge on any atom is 0.253 e. The Hall–Kier alpha value is -1.50. The van der Waals surface area contributed by atoms with Crippen molar-refractivity contribution in [3.8, 4) is 0 Å². The summed E-state index contributed by atoms with van der Waals surface area (Å²) in [5, 5.41) is 0. The fraction of sp³-hybridized carbons (Fsp3) is 0.571. The number of rotatable bonds is 5. The maximum absolute atomic E-state index is 12.1. The molecule has 1 aromatic rings. The highest BCUT2D eigenvalue weighted by atomic mass is 16.5. The molecule has 1 amide bonds. The topological polar surface area (TPSA) is 71.7 Å². The molecule has 1 aromatic heterocycles. The first-order chi connectivity index (χ1) is 9.74. The van der Waals surface area contributed by atoms with Crippen LogP contribution in [0.25, 0.3) is 0 Å². The van der Waals surface area contributed by atoms with Gasteiger partial charge in [0.2, 0.25) is 0 Å². The van der Waals surface area contributed by atoms with Gasteiger partial charge in [0, 0.05) is 58.8 Å². The van der Waals surface area contributed by atoms with Crippen molar-refractivity contribution in [3.05, 3.63) is 30.1 Å². The summed E-state index contributed by atoms with van der Waals surface area (Å²) in [5.74, 6) is -0.00368. The molecule has 0 spiro atoms. The minimum atomic E-state index is -0.514. The fourth-order valence-electron chi connectivity index (χ4n) is 2.38. The van der Waals surface area contributed by atoms with Gasteiger partial charge < -0.3 is 15.4 Å². The predicted octanol–water partition coefficient (Wildman–Crippen LogP) is -0.300. The van der Waals surface area contributed by atoms with E-state index in [9.17, 15) is 4.79 Å². The van der Waals surface area contributed by atoms with Gasteiger partial charge >= 0.3 is 0 Å². The number of amides is 1. The van der Waals surface area contributed by atoms with Gasteiger partial charge in [-0.1, -0.05) is 6.07 Å². The third-order valence-corrected chi connectivity index (χ3v) is 3.59. The summed E-state index contributed by atoms with van der Waals surface area (Å²) in [4.78, 5) is 20.4. The van der Waals surface area contributed by atoms with Crippen molar-refractivity contribution in [1.29, 1.82) is 0 Å². The van der Waals surface area contributed by atoms with E-state index in [4.69, 9.17) is 10.5 Å². The van der Waals surface area contributed by atoms with Crippen LogP contribution in [0.3, 0.4) is 0 Å². The monoisotopic (exact) mass is 278 g/mol. The van der Waals surface area contributed by atoms with E-state index < -0.39 is 6.10 Å². The summed E-state index contributed by atoms with van der Waals surface area (Å²) >= 11 is 0. The third-order valence-electron chi connectivity index (χ3n) is 3.59. The quantitative estimate of drug-likeness (QED) is 0.800. The van der Waals surface area contributed by atoms with Crippen molar-refractivity contribution in [3.63, 3.8) is 0 Å². The second kappa shape index (κ2) is 7.33. The number of aromatic nitrogens is 1. The van der Waals surface area contributed by atoms with Crippen LogP contribution in [0.5, 0.6) is 0 Å². The van der Waals surface area contributed by atoms with Crippen LogP contribution in [0.1, 0.15) is 5.56 Å². The average Bonchev–Trinajstić information content (AvgIpc) is 2.50. The third kappa shape index (κ3) is 3.75. The molecular weight excluding hydrogens is 256 g/mol. The molecule has 6 nitrogen and oxygen atoms in total. The standard InChI is InChI=1S/C14H22N4O2/c1-20-13(9-15)14(19)18-7-5-17(6-8-18)11-12-3-2-4-16-10-12/h2-4,10,13H,5-9,11,15H2,1H3. The van der Waals surface area contributed by atoms with Crippen LogP contribution in [0.15, 0.2) is 24.5 Å². The molecule has 2 N–H and O–H groups in total. The summed E-state index contributed by atoms with van der Waals surface area (Å²) in [7, 11) is 1.52. The molecule has 0 aliphatic carbocycles. The van der Waals surface area contributed by atoms with E-state index in [1.807, 2.05) is 17.2 Å². The summed E-state index contributed by atoms with van der Waals surface area (Å²) < 4.78 is 5.10. The molecule has 1 saturated heterocycles. The molecule has 0 aromatic carbocycles. The van der Waals surface area contributed by atoms with Gasteiger partial charge in [0.15, 0.2) is 0 Å². The van der Waals surface area contributed by atoms with Crippen LogP contribution in [0, 0.1) is 0 Å². The van der Waals surface area contributed by atoms with Crippen molar-refractivity contribution in [2.45, 2.75) is 12.6 Å². The number of carbonyl (C=O) groups excluding carboxylic acids is 1. The SMILES string of the molecule is COC(CN)C(=O)N1CCN(Cc2cccnc2)CC1. The van der Waals surface area contributed by atoms with Crippen molar-refractivity contribution in [2.75, 3.05) is 39.8 Å². The normalized spacial score (nSPS) is 18.0. The lowest BCUT2D eigenvalue weighted by atomic mass is 10.2. The molecule has 1 atom stereocenters. The highest BCUT2D eigenvalue weighted by Gasteiger charge is 2.26. The Labute approximate surface area is 119 Å². The lowest BCUT2D eigenvalue weighted by Crippen LogP contribution is -2.52. The van der Waals surface area contributed by atoms with Crippen molar-refractivity contribution < 1.29 is 9.53 Å². The number of piperazine rings is 1. The first-order valence-electron chi connectivity index (χ1n) is 6.87. The van der Waals surface area contributed by atoms with Gasteiger partial charge in [-0.2, -0.15) is 0 Å². The molecule has 6 heteroatoms. The number of ether oxygens (including phenoxy) is 1. The van der Waals surface area contributed by atoms with Gasteiger partial charge in [0.05, 0.1) is 0 Å². The van der Waals surface area contributed by atoms with Crippen LogP contribution >= 0.6 is 0 Å². The molecule has 2 rings (SSSR count). The van der Waals surface area contributed by atoms with E-state index in [0.29, 0.717) is 0 Å². The minimum Gasteiger partial charge on any atom is -0.370 e. The number of nitrogens with zero attached hydrogens (tertiary/aromatic N) is 3. The van der Waals surface area contributed by atoms with E-state index in [0.717, 1.165) is 32.7 Å². The highest BCUT2D eigenvalue weighted by molar-refractivity contribution is 5.81. The molecule has 0 radical (unpaired) electrons. The van der Waals surface area contributed by atoms with Gasteiger partial charge in [-0.3, -0.25) is 14.7 Å². The van der Waals surface area contributed by atoms with E-state index in [2.05, 4.69) is 16.0 Å². The number of methoxy groups -OCH3 is 1. The zero-order chi connectivity index (χ0) is 14.4. The van der Waals surface area contributed by atoms with Crippen LogP contribution in [0.2, 0.25) is 0 Å². The molecule has 20 heavy (non-hydrogen) atoms. The fourth-order valence-corrected chi connectivity index (χ4v) is 2.38. The van der Waals surface area contributed by atoms with E-state index in [1.165, 1.54) is 12.7 Å². The molecule has 2 heterocycles. The predicted molar refractivity (Wildman–Crippen MR) is 75.9 cm³/mol. The van der Waals surface area contributed by atoms with E-state index >= 15 is 0 Å². The number of carbonyl (C=O) groups is 1. The molecule has 1 fully saturated rings. The lowest BCUT2D eigenvalue weighted by Gasteiger charge is -2.36. The van der Waals surface area contributed by atoms with Gasteiger partial charge in [-0.05, 0) is 11.6 Å². The molecule has 1 unspecified atom stereocenters. The lowest BCUT2D eigenvalue weighted by molar-refractivity contribution is -0.143. The van der Waals surface area contributed by atoms with Gasteiger partial charge in [-0.15, -0.1) is 0 Å². The molecule has 1 aliphatic heterocycles. The number of hydrogen-bond donors (Lipinski definition) is 1. The average molecular weight is 278 g/mol. The summed E-state index contributed by atoms with van der Waals surface area (Å²) in [6.07, 6.45) is 3.14. The Morgan fingerprint density at radius 2 is 2.20 bits per heavy atom. The molecule has 110 valence electrons. The molecule has 0 saturated carbocycles. The van der Waals surface area contributed by atoms with Gasteiger partial charge in [-0.25, -0.2) is 0 Å². The zero-order valence-corrected chi connectivity index (χ0v) is 11.9. The second-order valence-electron chi connectivity index (χ2n) is 4.92. The Morgan fingerprint density at radius 1 is 1.45 bits per heavy atom. The Morgan fingerprint density at radius 3 is 2.75 bits per heavy atom. The second-order valence-corrected chi connectivity index (χ2v) is 4.92. The number of pyridine rings is 1. The van der Waals surface area contributed by atoms with E-state index in [-0.39, 0.29) is 12.5 Å². The summed E-state index contributed by atoms with van der Waals surface area (Å²) in [5.41, 5.74) is 6.73. The minimum absolute atomic E-state index is 0.00368. The highest BCUT2D eigenvalue weighted by Crippen LogP contribution is 2.09. The van der Waals surface area contributed by atoms with Crippen LogP contribution in [-0.2, 0) is 16.1 Å². The Balaban J connectivity index is 1.82. The summed E-state index contributed by atoms with van der Waals surface area (Å²) in [6, 6.07) is 4.01. The Bertz CT molecular complexity index is 414. The van der Waals surface area contributed by atoms with Crippen molar-refractivity contribution in [2.24, 2.45) is 5.73 Å². The first kappa shape index (κ1) is 14.9. The molecule has 1 aliphatic rings. The number of nitrogens with two attached hydrogens (primary N) is 1. The zero-order valence-electron chi connectivity index (χ0n) is 11.9.